The molecular weight excluding hydrogens is 773 g/mol. The lowest BCUT2D eigenvalue weighted by atomic mass is 9.81. The van der Waals surface area contributed by atoms with Crippen molar-refractivity contribution in [3.05, 3.63) is 128 Å². The molecule has 3 aromatic carbocycles. The fourth-order valence-corrected chi connectivity index (χ4v) is 10.8. The molecule has 0 unspecified atom stereocenters. The quantitative estimate of drug-likeness (QED) is 0.141. The Balaban J connectivity index is 0.998. The largest absolute Gasteiger partial charge is 0.493 e. The highest BCUT2D eigenvalue weighted by Gasteiger charge is 2.36. The van der Waals surface area contributed by atoms with Crippen molar-refractivity contribution in [2.24, 2.45) is 4.99 Å². The number of rotatable bonds is 10. The molecular formula is C44H44N6O6S2. The zero-order valence-corrected chi connectivity index (χ0v) is 34.3. The number of benzene rings is 3. The molecule has 0 N–H and O–H groups in total. The minimum atomic E-state index is -0.430. The molecule has 3 aliphatic rings. The highest BCUT2D eigenvalue weighted by atomic mass is 32.2. The van der Waals surface area contributed by atoms with E-state index in [9.17, 15) is 14.4 Å². The molecule has 58 heavy (non-hydrogen) atoms. The molecule has 14 heteroatoms. The Labute approximate surface area is 343 Å². The van der Waals surface area contributed by atoms with Gasteiger partial charge in [-0.3, -0.25) is 23.7 Å². The van der Waals surface area contributed by atoms with Gasteiger partial charge in [-0.05, 0) is 73.4 Å². The maximum Gasteiger partial charge on any atom is 0.332 e. The average Bonchev–Trinajstić information content (AvgIpc) is 3.93. The second-order valence-electron chi connectivity index (χ2n) is 14.8. The van der Waals surface area contributed by atoms with Gasteiger partial charge < -0.3 is 18.9 Å². The predicted octanol–water partition coefficient (Wildman–Crippen LogP) is 7.21. The first kappa shape index (κ1) is 38.1. The maximum absolute atomic E-state index is 14.4. The van der Waals surface area contributed by atoms with E-state index >= 15 is 0 Å². The SMILES string of the molecule is CCOc1cc2c(cc1OC)C(c1cccc(C(=O)N3CCC(n4c(=O)c5sc(-c6ccccc6)cc5n(Cc5nc(CC)no5)c4=O)CC3)c1)=N[C@@H]1CCSC[C@H]21. The van der Waals surface area contributed by atoms with Gasteiger partial charge in [-0.2, -0.15) is 16.7 Å². The van der Waals surface area contributed by atoms with Crippen molar-refractivity contribution in [1.29, 1.82) is 0 Å². The number of aromatic nitrogens is 4. The number of aryl methyl sites for hydroxylation is 1. The minimum absolute atomic E-state index is 0.0395. The van der Waals surface area contributed by atoms with Gasteiger partial charge in [-0.15, -0.1) is 11.3 Å². The summed E-state index contributed by atoms with van der Waals surface area (Å²) >= 11 is 3.33. The van der Waals surface area contributed by atoms with E-state index < -0.39 is 11.7 Å². The van der Waals surface area contributed by atoms with E-state index in [2.05, 4.69) is 16.2 Å². The molecule has 2 saturated heterocycles. The Morgan fingerprint density at radius 3 is 2.52 bits per heavy atom. The average molecular weight is 817 g/mol. The highest BCUT2D eigenvalue weighted by molar-refractivity contribution is 7.99. The number of methoxy groups -OCH3 is 1. The first-order valence-corrected chi connectivity index (χ1v) is 21.9. The number of carbonyl (C=O) groups excluding carboxylic acids is 1. The van der Waals surface area contributed by atoms with Gasteiger partial charge in [0.1, 0.15) is 11.2 Å². The van der Waals surface area contributed by atoms with Crippen molar-refractivity contribution in [1.82, 2.24) is 24.2 Å². The molecule has 1 amide bonds. The molecule has 9 rings (SSSR count). The number of piperidine rings is 1. The molecule has 3 aliphatic heterocycles. The van der Waals surface area contributed by atoms with Crippen LogP contribution in [0.5, 0.6) is 11.5 Å². The second-order valence-corrected chi connectivity index (χ2v) is 17.0. The van der Waals surface area contributed by atoms with Crippen LogP contribution < -0.4 is 20.7 Å². The van der Waals surface area contributed by atoms with Gasteiger partial charge in [-0.1, -0.05) is 54.5 Å². The molecule has 12 nitrogen and oxygen atoms in total. The number of amides is 1. The molecule has 3 aromatic heterocycles. The van der Waals surface area contributed by atoms with E-state index in [1.165, 1.54) is 21.5 Å². The number of hydrogen-bond donors (Lipinski definition) is 0. The van der Waals surface area contributed by atoms with Crippen LogP contribution in [0.1, 0.15) is 83.8 Å². The monoisotopic (exact) mass is 816 g/mol. The Morgan fingerprint density at radius 1 is 0.948 bits per heavy atom. The normalized spacial score (nSPS) is 18.1. The first-order chi connectivity index (χ1) is 28.3. The second kappa shape index (κ2) is 16.1. The summed E-state index contributed by atoms with van der Waals surface area (Å²) in [4.78, 5) is 55.3. The lowest BCUT2D eigenvalue weighted by Gasteiger charge is -2.35. The third-order valence-corrected chi connectivity index (χ3v) is 13.7. The predicted molar refractivity (Wildman–Crippen MR) is 227 cm³/mol. The number of aliphatic imine (C=N–C) groups is 1. The van der Waals surface area contributed by atoms with Crippen LogP contribution in [-0.2, 0) is 13.0 Å². The maximum atomic E-state index is 14.4. The van der Waals surface area contributed by atoms with Crippen LogP contribution in [0.25, 0.3) is 20.7 Å². The zero-order valence-electron chi connectivity index (χ0n) is 32.7. The van der Waals surface area contributed by atoms with Crippen LogP contribution in [0, 0.1) is 0 Å². The van der Waals surface area contributed by atoms with Crippen molar-refractivity contribution in [3.8, 4) is 21.9 Å². The van der Waals surface area contributed by atoms with Crippen LogP contribution in [0.2, 0.25) is 0 Å². The highest BCUT2D eigenvalue weighted by Crippen LogP contribution is 2.44. The van der Waals surface area contributed by atoms with Gasteiger partial charge in [-0.25, -0.2) is 4.79 Å². The van der Waals surface area contributed by atoms with E-state index in [1.54, 1.807) is 11.7 Å². The molecule has 298 valence electrons. The van der Waals surface area contributed by atoms with Gasteiger partial charge in [0.25, 0.3) is 11.5 Å². The fraction of sp³-hybridized carbons (Fsp3) is 0.364. The van der Waals surface area contributed by atoms with Gasteiger partial charge in [0.15, 0.2) is 17.3 Å². The van der Waals surface area contributed by atoms with Gasteiger partial charge in [0.2, 0.25) is 5.89 Å². The smallest absolute Gasteiger partial charge is 0.332 e. The topological polar surface area (TPSA) is 134 Å². The number of hydrogen-bond acceptors (Lipinski definition) is 11. The van der Waals surface area contributed by atoms with Gasteiger partial charge >= 0.3 is 5.69 Å². The van der Waals surface area contributed by atoms with Crippen LogP contribution in [0.4, 0.5) is 0 Å². The molecule has 2 fully saturated rings. The van der Waals surface area contributed by atoms with Gasteiger partial charge in [0, 0.05) is 58.8 Å². The Hall–Kier alpha value is -5.47. The zero-order chi connectivity index (χ0) is 39.9. The number of carbonyl (C=O) groups is 1. The molecule has 6 aromatic rings. The van der Waals surface area contributed by atoms with Crippen molar-refractivity contribution in [2.75, 3.05) is 38.3 Å². The Kier molecular flexibility index (Phi) is 10.5. The van der Waals surface area contributed by atoms with Gasteiger partial charge in [0.05, 0.1) is 31.0 Å². The van der Waals surface area contributed by atoms with E-state index in [1.807, 2.05) is 97.2 Å². The molecule has 0 radical (unpaired) electrons. The summed E-state index contributed by atoms with van der Waals surface area (Å²) in [5.41, 5.74) is 5.27. The molecule has 0 spiro atoms. The molecule has 0 aliphatic carbocycles. The van der Waals surface area contributed by atoms with E-state index in [-0.39, 0.29) is 30.0 Å². The third-order valence-electron chi connectivity index (χ3n) is 11.4. The van der Waals surface area contributed by atoms with E-state index in [4.69, 9.17) is 19.0 Å². The van der Waals surface area contributed by atoms with Crippen molar-refractivity contribution in [3.63, 3.8) is 0 Å². The minimum Gasteiger partial charge on any atom is -0.493 e. The summed E-state index contributed by atoms with van der Waals surface area (Å²) in [5, 5.41) is 4.03. The van der Waals surface area contributed by atoms with E-state index in [0.29, 0.717) is 72.2 Å². The summed E-state index contributed by atoms with van der Waals surface area (Å²) in [6.45, 7) is 5.27. The lowest BCUT2D eigenvalue weighted by molar-refractivity contribution is 0.0691. The summed E-state index contributed by atoms with van der Waals surface area (Å²) in [6, 6.07) is 23.4. The summed E-state index contributed by atoms with van der Waals surface area (Å²) in [5.74, 6) is 4.49. The van der Waals surface area contributed by atoms with Crippen LogP contribution in [-0.4, -0.2) is 80.1 Å². The first-order valence-electron chi connectivity index (χ1n) is 19.9. The number of nitrogens with zero attached hydrogens (tertiary/aromatic N) is 6. The Bertz CT molecular complexity index is 2660. The molecule has 0 bridgehead atoms. The molecule has 2 atom stereocenters. The number of likely N-dealkylation sites (tertiary alicyclic amines) is 1. The van der Waals surface area contributed by atoms with Crippen LogP contribution in [0.3, 0.4) is 0 Å². The fourth-order valence-electron chi connectivity index (χ4n) is 8.49. The summed E-state index contributed by atoms with van der Waals surface area (Å²) in [6.07, 6.45) is 2.49. The third kappa shape index (κ3) is 6.95. The molecule has 0 saturated carbocycles. The van der Waals surface area contributed by atoms with Crippen molar-refractivity contribution >= 4 is 44.9 Å². The number of ether oxygens (including phenoxy) is 2. The standard InChI is InChI=1S/C44H44N6O6S2/c1-4-38-46-39(56-47-38)24-49-34-23-37(26-10-7-6-8-11-26)58-41(34)43(52)50(44(49)53)29-14-17-48(18-15-29)42(51)28-13-9-12-27(20-28)40-31-22-35(54-3)36(55-5-2)21-30(31)32-25-57-19-16-33(32)45-40/h6-13,20-23,29,32-33H,4-5,14-19,24-25H2,1-3H3/t32-,33-/m1/s1. The van der Waals surface area contributed by atoms with Crippen molar-refractivity contribution in [2.45, 2.75) is 64.1 Å². The number of thioether (sulfide) groups is 1. The molecule has 6 heterocycles. The van der Waals surface area contributed by atoms with Crippen LogP contribution >= 0.6 is 23.1 Å². The number of thiophene rings is 1. The Morgan fingerprint density at radius 2 is 1.76 bits per heavy atom. The van der Waals surface area contributed by atoms with Crippen LogP contribution in [0.15, 0.2) is 91.9 Å². The summed E-state index contributed by atoms with van der Waals surface area (Å²) in [7, 11) is 1.65. The lowest BCUT2D eigenvalue weighted by Crippen LogP contribution is -2.46. The van der Waals surface area contributed by atoms with E-state index in [0.717, 1.165) is 51.0 Å². The van der Waals surface area contributed by atoms with Crippen molar-refractivity contribution < 1.29 is 18.8 Å². The number of fused-ring (bicyclic) bond motifs is 4. The summed E-state index contributed by atoms with van der Waals surface area (Å²) < 4.78 is 20.7.